The molecule has 2 aliphatic rings. The van der Waals surface area contributed by atoms with Crippen molar-refractivity contribution in [2.45, 2.75) is 38.2 Å². The number of hydrogen-bond acceptors (Lipinski definition) is 4. The zero-order chi connectivity index (χ0) is 20.9. The minimum atomic E-state index is -0.112. The molecule has 0 unspecified atom stereocenters. The molecule has 4 rings (SSSR count). The summed E-state index contributed by atoms with van der Waals surface area (Å²) in [5.41, 5.74) is 0.475. The molecule has 2 fully saturated rings. The summed E-state index contributed by atoms with van der Waals surface area (Å²) >= 11 is 3.48. The van der Waals surface area contributed by atoms with E-state index in [2.05, 4.69) is 26.1 Å². The summed E-state index contributed by atoms with van der Waals surface area (Å²) < 4.78 is 7.25. The minimum Gasteiger partial charge on any atom is -0.490 e. The number of benzene rings is 1. The Morgan fingerprint density at radius 1 is 1.13 bits per heavy atom. The summed E-state index contributed by atoms with van der Waals surface area (Å²) in [6.07, 6.45) is 5.87. The van der Waals surface area contributed by atoms with Crippen molar-refractivity contribution in [1.29, 1.82) is 0 Å². The molecule has 0 saturated carbocycles. The average molecular weight is 475 g/mol. The Hall–Kier alpha value is -2.35. The van der Waals surface area contributed by atoms with Crippen molar-refractivity contribution in [2.24, 2.45) is 5.92 Å². The van der Waals surface area contributed by atoms with Gasteiger partial charge in [-0.3, -0.25) is 14.7 Å². The lowest BCUT2D eigenvalue weighted by molar-refractivity contribution is -0.134. The lowest BCUT2D eigenvalue weighted by Crippen LogP contribution is -2.50. The Morgan fingerprint density at radius 3 is 2.70 bits per heavy atom. The van der Waals surface area contributed by atoms with Gasteiger partial charge in [0.2, 0.25) is 5.91 Å². The Labute approximate surface area is 184 Å². The van der Waals surface area contributed by atoms with Gasteiger partial charge in [0.1, 0.15) is 17.5 Å². The molecule has 0 spiro atoms. The third-order valence-corrected chi connectivity index (χ3v) is 6.40. The summed E-state index contributed by atoms with van der Waals surface area (Å²) in [5.74, 6) is 0.805. The molecule has 2 aliphatic heterocycles. The van der Waals surface area contributed by atoms with Gasteiger partial charge in [0.05, 0.1) is 0 Å². The number of likely N-dealkylation sites (tertiary alicyclic amines) is 2. The normalized spacial score (nSPS) is 22.0. The van der Waals surface area contributed by atoms with Gasteiger partial charge in [-0.15, -0.1) is 0 Å². The van der Waals surface area contributed by atoms with Gasteiger partial charge in [-0.1, -0.05) is 22.0 Å². The smallest absolute Gasteiger partial charge is 0.271 e. The molecule has 1 aromatic carbocycles. The number of H-pyrrole nitrogens is 1. The molecule has 160 valence electrons. The van der Waals surface area contributed by atoms with Gasteiger partial charge >= 0.3 is 0 Å². The lowest BCUT2D eigenvalue weighted by Gasteiger charge is -2.39. The van der Waals surface area contributed by atoms with E-state index in [-0.39, 0.29) is 23.8 Å². The van der Waals surface area contributed by atoms with Crippen LogP contribution in [-0.4, -0.2) is 64.1 Å². The van der Waals surface area contributed by atoms with Crippen molar-refractivity contribution in [3.8, 4) is 5.75 Å². The highest BCUT2D eigenvalue weighted by atomic mass is 79.9. The Morgan fingerprint density at radius 2 is 1.97 bits per heavy atom. The zero-order valence-electron chi connectivity index (χ0n) is 16.9. The van der Waals surface area contributed by atoms with E-state index in [0.29, 0.717) is 31.6 Å². The van der Waals surface area contributed by atoms with Crippen molar-refractivity contribution in [3.05, 3.63) is 46.7 Å². The average Bonchev–Trinajstić information content (AvgIpc) is 3.30. The standard InChI is InChI=1S/C22H27BrN4O3/c23-17-5-4-6-18(14-17)30-20-8-12-27(22(29)19-7-9-24-25-19)15-16(20)13-21(28)26-10-2-1-3-11-26/h4-7,9,14,16,20H,1-3,8,10-13,15H2,(H,24,25)/t16-,20-/m0/s1. The molecule has 0 bridgehead atoms. The van der Waals surface area contributed by atoms with E-state index in [9.17, 15) is 9.59 Å². The predicted octanol–water partition coefficient (Wildman–Crippen LogP) is 3.48. The maximum absolute atomic E-state index is 13.0. The topological polar surface area (TPSA) is 78.5 Å². The molecule has 3 heterocycles. The van der Waals surface area contributed by atoms with Crippen LogP contribution in [0, 0.1) is 5.92 Å². The molecular formula is C22H27BrN4O3. The van der Waals surface area contributed by atoms with Crippen molar-refractivity contribution in [3.63, 3.8) is 0 Å². The van der Waals surface area contributed by atoms with E-state index in [1.54, 1.807) is 12.3 Å². The molecule has 2 aromatic rings. The largest absolute Gasteiger partial charge is 0.490 e. The number of aromatic amines is 1. The van der Waals surface area contributed by atoms with Gasteiger partial charge in [0.15, 0.2) is 0 Å². The molecule has 2 saturated heterocycles. The van der Waals surface area contributed by atoms with Crippen LogP contribution in [0.25, 0.3) is 0 Å². The van der Waals surface area contributed by atoms with Crippen LogP contribution in [0.3, 0.4) is 0 Å². The number of carbonyl (C=O) groups is 2. The van der Waals surface area contributed by atoms with Crippen molar-refractivity contribution >= 4 is 27.7 Å². The Balaban J connectivity index is 1.48. The molecule has 1 aromatic heterocycles. The first-order valence-corrected chi connectivity index (χ1v) is 11.4. The molecule has 1 N–H and O–H groups in total. The number of amides is 2. The van der Waals surface area contributed by atoms with Crippen LogP contribution < -0.4 is 4.74 Å². The number of halogens is 1. The van der Waals surface area contributed by atoms with Crippen LogP contribution in [-0.2, 0) is 4.79 Å². The fourth-order valence-electron chi connectivity index (χ4n) is 4.30. The highest BCUT2D eigenvalue weighted by Crippen LogP contribution is 2.28. The van der Waals surface area contributed by atoms with E-state index >= 15 is 0 Å². The third kappa shape index (κ3) is 5.03. The fourth-order valence-corrected chi connectivity index (χ4v) is 4.68. The Bertz CT molecular complexity index is 867. The third-order valence-electron chi connectivity index (χ3n) is 5.91. The second-order valence-corrected chi connectivity index (χ2v) is 8.95. The molecule has 0 aliphatic carbocycles. The second-order valence-electron chi connectivity index (χ2n) is 8.03. The number of rotatable bonds is 5. The molecule has 7 nitrogen and oxygen atoms in total. The highest BCUT2D eigenvalue weighted by molar-refractivity contribution is 9.10. The molecule has 0 radical (unpaired) electrons. The van der Waals surface area contributed by atoms with E-state index < -0.39 is 0 Å². The summed E-state index contributed by atoms with van der Waals surface area (Å²) in [7, 11) is 0. The molecule has 30 heavy (non-hydrogen) atoms. The van der Waals surface area contributed by atoms with Crippen molar-refractivity contribution < 1.29 is 14.3 Å². The zero-order valence-corrected chi connectivity index (χ0v) is 18.5. The van der Waals surface area contributed by atoms with Crippen LogP contribution >= 0.6 is 15.9 Å². The van der Waals surface area contributed by atoms with E-state index in [1.807, 2.05) is 34.1 Å². The quantitative estimate of drug-likeness (QED) is 0.719. The van der Waals surface area contributed by atoms with Crippen LogP contribution in [0.15, 0.2) is 41.0 Å². The van der Waals surface area contributed by atoms with Gasteiger partial charge in [-0.25, -0.2) is 0 Å². The van der Waals surface area contributed by atoms with Crippen LogP contribution in [0.2, 0.25) is 0 Å². The number of carbonyl (C=O) groups excluding carboxylic acids is 2. The van der Waals surface area contributed by atoms with E-state index in [4.69, 9.17) is 4.74 Å². The summed E-state index contributed by atoms with van der Waals surface area (Å²) in [6.45, 7) is 2.75. The first kappa shape index (κ1) is 20.9. The number of nitrogens with zero attached hydrogens (tertiary/aromatic N) is 3. The number of aromatic nitrogens is 2. The lowest BCUT2D eigenvalue weighted by atomic mass is 9.90. The highest BCUT2D eigenvalue weighted by Gasteiger charge is 2.36. The number of piperidine rings is 2. The van der Waals surface area contributed by atoms with Crippen molar-refractivity contribution in [1.82, 2.24) is 20.0 Å². The first-order chi connectivity index (χ1) is 14.6. The SMILES string of the molecule is O=C(C[C@H]1CN(C(=O)c2ccn[nH]2)CC[C@@H]1Oc1cccc(Br)c1)N1CCCCC1. The van der Waals surface area contributed by atoms with E-state index in [0.717, 1.165) is 36.2 Å². The molecule has 8 heteroatoms. The molecular weight excluding hydrogens is 448 g/mol. The van der Waals surface area contributed by atoms with Crippen LogP contribution in [0.1, 0.15) is 42.6 Å². The maximum Gasteiger partial charge on any atom is 0.271 e. The van der Waals surface area contributed by atoms with Crippen LogP contribution in [0.4, 0.5) is 0 Å². The fraction of sp³-hybridized carbons (Fsp3) is 0.500. The number of hydrogen-bond donors (Lipinski definition) is 1. The van der Waals surface area contributed by atoms with Gasteiger partial charge in [-0.2, -0.15) is 5.10 Å². The number of nitrogens with one attached hydrogen (secondary N) is 1. The van der Waals surface area contributed by atoms with Gasteiger partial charge in [0, 0.05) is 55.6 Å². The summed E-state index contributed by atoms with van der Waals surface area (Å²) in [5, 5.41) is 6.63. The van der Waals surface area contributed by atoms with Crippen molar-refractivity contribution in [2.75, 3.05) is 26.2 Å². The van der Waals surface area contributed by atoms with E-state index in [1.165, 1.54) is 6.42 Å². The summed E-state index contributed by atoms with van der Waals surface area (Å²) in [4.78, 5) is 29.6. The molecule has 2 amide bonds. The minimum absolute atomic E-state index is 0.0565. The first-order valence-electron chi connectivity index (χ1n) is 10.6. The summed E-state index contributed by atoms with van der Waals surface area (Å²) in [6, 6.07) is 9.43. The van der Waals surface area contributed by atoms with Crippen LogP contribution in [0.5, 0.6) is 5.75 Å². The monoisotopic (exact) mass is 474 g/mol. The second kappa shape index (κ2) is 9.64. The Kier molecular flexibility index (Phi) is 6.72. The molecule has 2 atom stereocenters. The van der Waals surface area contributed by atoms with Gasteiger partial charge in [-0.05, 0) is 43.5 Å². The number of ether oxygens (including phenoxy) is 1. The maximum atomic E-state index is 13.0. The van der Waals surface area contributed by atoms with Gasteiger partial charge in [0.25, 0.3) is 5.91 Å². The van der Waals surface area contributed by atoms with Gasteiger partial charge < -0.3 is 14.5 Å². The predicted molar refractivity (Wildman–Crippen MR) is 116 cm³/mol.